The van der Waals surface area contributed by atoms with E-state index in [-0.39, 0.29) is 6.42 Å². The molecule has 208 valence electrons. The molecule has 11 heteroatoms. The molecular weight excluding hydrogens is 464 g/mol. The Hall–Kier alpha value is -0.440. The highest BCUT2D eigenvalue weighted by Crippen LogP contribution is 2.35. The third-order valence-electron chi connectivity index (χ3n) is 7.05. The number of hydrogen-bond donors (Lipinski definition) is 8. The standard InChI is InChI=1S/C24H46O11/c1-2-3-4-5-6-7-8-9-10-11-12-24(32)22(31)20(30)21(16(14-26)35-24)34-23-19(29)18(28)17(27)15(13-25)33-23/h15-23,25-32H,2-14H2,1H3/t15-,16-,17+,18+,19-,20+,21-,22-,23+,24?/m1/s1. The Morgan fingerprint density at radius 3 is 1.77 bits per heavy atom. The molecule has 0 bridgehead atoms. The van der Waals surface area contributed by atoms with Crippen molar-refractivity contribution < 1.29 is 55.1 Å². The molecule has 11 nitrogen and oxygen atoms in total. The molecular formula is C24H46O11. The van der Waals surface area contributed by atoms with Gasteiger partial charge in [0.15, 0.2) is 12.1 Å². The first-order chi connectivity index (χ1) is 16.7. The summed E-state index contributed by atoms with van der Waals surface area (Å²) >= 11 is 0. The number of aliphatic hydroxyl groups is 8. The van der Waals surface area contributed by atoms with Crippen molar-refractivity contribution in [3.05, 3.63) is 0 Å². The summed E-state index contributed by atoms with van der Waals surface area (Å²) in [4.78, 5) is 0. The first-order valence-electron chi connectivity index (χ1n) is 13.0. The van der Waals surface area contributed by atoms with E-state index in [2.05, 4.69) is 6.92 Å². The molecule has 0 spiro atoms. The summed E-state index contributed by atoms with van der Waals surface area (Å²) in [5.74, 6) is -2.10. The molecule has 35 heavy (non-hydrogen) atoms. The van der Waals surface area contributed by atoms with Gasteiger partial charge in [0.2, 0.25) is 0 Å². The van der Waals surface area contributed by atoms with Gasteiger partial charge in [0.05, 0.1) is 13.2 Å². The second-order valence-electron chi connectivity index (χ2n) is 9.85. The highest BCUT2D eigenvalue weighted by molar-refractivity contribution is 4.98. The fourth-order valence-corrected chi connectivity index (χ4v) is 4.78. The molecule has 2 aliphatic heterocycles. The second kappa shape index (κ2) is 15.1. The molecule has 0 aromatic carbocycles. The molecule has 0 saturated carbocycles. The molecule has 0 amide bonds. The maximum absolute atomic E-state index is 10.9. The Bertz CT molecular complexity index is 578. The van der Waals surface area contributed by atoms with Gasteiger partial charge in [-0.25, -0.2) is 0 Å². The zero-order chi connectivity index (χ0) is 26.0. The quantitative estimate of drug-likeness (QED) is 0.130. The Morgan fingerprint density at radius 2 is 1.23 bits per heavy atom. The van der Waals surface area contributed by atoms with E-state index in [9.17, 15) is 40.9 Å². The summed E-state index contributed by atoms with van der Waals surface area (Å²) in [5, 5.41) is 81.3. The maximum atomic E-state index is 10.9. The average Bonchev–Trinajstić information content (AvgIpc) is 2.85. The lowest BCUT2D eigenvalue weighted by atomic mass is 9.89. The largest absolute Gasteiger partial charge is 0.394 e. The van der Waals surface area contributed by atoms with Gasteiger partial charge in [-0.05, 0) is 6.42 Å². The third-order valence-corrected chi connectivity index (χ3v) is 7.05. The molecule has 2 fully saturated rings. The smallest absolute Gasteiger partial charge is 0.195 e. The number of aliphatic hydroxyl groups excluding tert-OH is 7. The van der Waals surface area contributed by atoms with E-state index in [0.29, 0.717) is 6.42 Å². The Morgan fingerprint density at radius 1 is 0.686 bits per heavy atom. The highest BCUT2D eigenvalue weighted by atomic mass is 16.7. The zero-order valence-electron chi connectivity index (χ0n) is 20.7. The third kappa shape index (κ3) is 8.27. The normalized spacial score (nSPS) is 40.2. The number of rotatable bonds is 15. The van der Waals surface area contributed by atoms with Gasteiger partial charge in [-0.15, -0.1) is 0 Å². The molecule has 8 N–H and O–H groups in total. The van der Waals surface area contributed by atoms with E-state index in [1.54, 1.807) is 0 Å². The van der Waals surface area contributed by atoms with Crippen LogP contribution in [0.25, 0.3) is 0 Å². The van der Waals surface area contributed by atoms with Crippen LogP contribution in [-0.4, -0.2) is 115 Å². The molecule has 1 unspecified atom stereocenters. The number of ether oxygens (including phenoxy) is 3. The predicted octanol–water partition coefficient (Wildman–Crippen LogP) is -0.716. The lowest BCUT2D eigenvalue weighted by Crippen LogP contribution is -2.68. The minimum atomic E-state index is -2.10. The van der Waals surface area contributed by atoms with Gasteiger partial charge in [-0.2, -0.15) is 0 Å². The molecule has 10 atom stereocenters. The predicted molar refractivity (Wildman–Crippen MR) is 124 cm³/mol. The molecule has 2 saturated heterocycles. The Kier molecular flexibility index (Phi) is 13.3. The van der Waals surface area contributed by atoms with Crippen LogP contribution in [0.2, 0.25) is 0 Å². The number of hydrogen-bond acceptors (Lipinski definition) is 11. The Labute approximate surface area is 207 Å². The summed E-state index contributed by atoms with van der Waals surface area (Å²) < 4.78 is 16.3. The maximum Gasteiger partial charge on any atom is 0.195 e. The van der Waals surface area contributed by atoms with Crippen LogP contribution < -0.4 is 0 Å². The molecule has 2 rings (SSSR count). The first-order valence-corrected chi connectivity index (χ1v) is 13.0. The Balaban J connectivity index is 1.85. The van der Waals surface area contributed by atoms with Crippen LogP contribution in [0.1, 0.15) is 77.6 Å². The van der Waals surface area contributed by atoms with Crippen LogP contribution in [-0.2, 0) is 14.2 Å². The second-order valence-corrected chi connectivity index (χ2v) is 9.85. The fourth-order valence-electron chi connectivity index (χ4n) is 4.78. The fraction of sp³-hybridized carbons (Fsp3) is 1.00. The van der Waals surface area contributed by atoms with Crippen LogP contribution in [0.3, 0.4) is 0 Å². The van der Waals surface area contributed by atoms with E-state index < -0.39 is 74.1 Å². The summed E-state index contributed by atoms with van der Waals surface area (Å²) in [7, 11) is 0. The van der Waals surface area contributed by atoms with Crippen molar-refractivity contribution >= 4 is 0 Å². The van der Waals surface area contributed by atoms with Crippen LogP contribution in [0.15, 0.2) is 0 Å². The molecule has 0 aromatic heterocycles. The number of unbranched alkanes of at least 4 members (excludes halogenated alkanes) is 9. The van der Waals surface area contributed by atoms with Gasteiger partial charge in [-0.3, -0.25) is 0 Å². The van der Waals surface area contributed by atoms with Gasteiger partial charge in [0, 0.05) is 6.42 Å². The van der Waals surface area contributed by atoms with Gasteiger partial charge in [0.1, 0.15) is 48.8 Å². The monoisotopic (exact) mass is 510 g/mol. The summed E-state index contributed by atoms with van der Waals surface area (Å²) in [6.07, 6.45) is -3.13. The van der Waals surface area contributed by atoms with Gasteiger partial charge >= 0.3 is 0 Å². The molecule has 2 aliphatic rings. The highest BCUT2D eigenvalue weighted by Gasteiger charge is 2.55. The first kappa shape index (κ1) is 30.8. The lowest BCUT2D eigenvalue weighted by Gasteiger charge is -2.49. The van der Waals surface area contributed by atoms with Crippen molar-refractivity contribution in [1.82, 2.24) is 0 Å². The average molecular weight is 511 g/mol. The van der Waals surface area contributed by atoms with E-state index in [4.69, 9.17) is 14.2 Å². The van der Waals surface area contributed by atoms with Crippen LogP contribution in [0.4, 0.5) is 0 Å². The van der Waals surface area contributed by atoms with Crippen LogP contribution >= 0.6 is 0 Å². The van der Waals surface area contributed by atoms with E-state index in [1.807, 2.05) is 0 Å². The molecule has 2 heterocycles. The minimum absolute atomic E-state index is 0.0466. The van der Waals surface area contributed by atoms with Gasteiger partial charge in [0.25, 0.3) is 0 Å². The molecule has 0 radical (unpaired) electrons. The van der Waals surface area contributed by atoms with E-state index in [1.165, 1.54) is 32.1 Å². The van der Waals surface area contributed by atoms with Crippen molar-refractivity contribution in [3.8, 4) is 0 Å². The van der Waals surface area contributed by atoms with Crippen molar-refractivity contribution in [2.75, 3.05) is 13.2 Å². The van der Waals surface area contributed by atoms with Crippen molar-refractivity contribution in [2.45, 2.75) is 138 Å². The van der Waals surface area contributed by atoms with Crippen molar-refractivity contribution in [3.63, 3.8) is 0 Å². The van der Waals surface area contributed by atoms with Crippen molar-refractivity contribution in [2.24, 2.45) is 0 Å². The summed E-state index contributed by atoms with van der Waals surface area (Å²) in [5.41, 5.74) is 0. The van der Waals surface area contributed by atoms with E-state index in [0.717, 1.165) is 25.7 Å². The SMILES string of the molecule is CCCCCCCCCCCCC1(O)O[C@H](CO)[C@@H](O[C@@H]2O[C@H](CO)[C@H](O)[C@H](O)[C@H]2O)[C@H](O)[C@H]1O. The van der Waals surface area contributed by atoms with E-state index >= 15 is 0 Å². The van der Waals surface area contributed by atoms with Crippen molar-refractivity contribution in [1.29, 1.82) is 0 Å². The minimum Gasteiger partial charge on any atom is -0.394 e. The van der Waals surface area contributed by atoms with Gasteiger partial charge in [-0.1, -0.05) is 64.7 Å². The molecule has 0 aliphatic carbocycles. The zero-order valence-corrected chi connectivity index (χ0v) is 20.7. The van der Waals surface area contributed by atoms with Crippen LogP contribution in [0, 0.1) is 0 Å². The summed E-state index contributed by atoms with van der Waals surface area (Å²) in [6, 6.07) is 0. The van der Waals surface area contributed by atoms with Gasteiger partial charge < -0.3 is 55.1 Å². The lowest BCUT2D eigenvalue weighted by molar-refractivity contribution is -0.384. The molecule has 0 aromatic rings. The topological polar surface area (TPSA) is 190 Å². The van der Waals surface area contributed by atoms with Crippen LogP contribution in [0.5, 0.6) is 0 Å². The summed E-state index contributed by atoms with van der Waals surface area (Å²) in [6.45, 7) is 0.849.